The molecule has 2 aliphatic heterocycles. The second-order valence-corrected chi connectivity index (χ2v) is 8.85. The van der Waals surface area contributed by atoms with Crippen LogP contribution in [0.1, 0.15) is 25.0 Å². The van der Waals surface area contributed by atoms with Crippen molar-refractivity contribution < 1.29 is 18.9 Å². The highest BCUT2D eigenvalue weighted by atomic mass is 32.2. The van der Waals surface area contributed by atoms with Crippen molar-refractivity contribution >= 4 is 11.8 Å². The molecule has 0 unspecified atom stereocenters. The zero-order valence-corrected chi connectivity index (χ0v) is 17.3. The average Bonchev–Trinajstić information content (AvgIpc) is 2.95. The first-order chi connectivity index (χ1) is 13.6. The highest BCUT2D eigenvalue weighted by molar-refractivity contribution is 7.99. The Bertz CT molecular complexity index is 675. The van der Waals surface area contributed by atoms with Crippen LogP contribution in [0.15, 0.2) is 60.7 Å². The minimum Gasteiger partial charge on any atom is -0.370 e. The van der Waals surface area contributed by atoms with E-state index in [-0.39, 0.29) is 24.4 Å². The molecule has 4 atom stereocenters. The van der Waals surface area contributed by atoms with Crippen LogP contribution in [-0.4, -0.2) is 41.7 Å². The van der Waals surface area contributed by atoms with Crippen LogP contribution in [0.4, 0.5) is 0 Å². The van der Waals surface area contributed by atoms with E-state index >= 15 is 0 Å². The van der Waals surface area contributed by atoms with Gasteiger partial charge < -0.3 is 18.9 Å². The van der Waals surface area contributed by atoms with Crippen LogP contribution in [0, 0.1) is 0 Å². The minimum absolute atomic E-state index is 0.0256. The molecule has 4 nitrogen and oxygen atoms in total. The Morgan fingerprint density at radius 3 is 1.64 bits per heavy atom. The molecule has 0 spiro atoms. The number of thioether (sulfide) groups is 1. The Labute approximate surface area is 171 Å². The zero-order valence-electron chi connectivity index (χ0n) is 16.5. The zero-order chi connectivity index (χ0) is 19.4. The van der Waals surface area contributed by atoms with E-state index in [0.29, 0.717) is 13.2 Å². The van der Waals surface area contributed by atoms with Crippen molar-refractivity contribution in [1.29, 1.82) is 0 Å². The molecule has 2 saturated heterocycles. The molecule has 0 radical (unpaired) electrons. The Kier molecular flexibility index (Phi) is 6.38. The van der Waals surface area contributed by atoms with E-state index in [1.54, 1.807) is 0 Å². The van der Waals surface area contributed by atoms with Crippen LogP contribution in [-0.2, 0) is 32.2 Å². The summed E-state index contributed by atoms with van der Waals surface area (Å²) in [7, 11) is 0. The highest BCUT2D eigenvalue weighted by Crippen LogP contribution is 2.38. The van der Waals surface area contributed by atoms with Gasteiger partial charge in [-0.2, -0.15) is 11.8 Å². The molecule has 2 fully saturated rings. The first-order valence-corrected chi connectivity index (χ1v) is 11.0. The summed E-state index contributed by atoms with van der Waals surface area (Å²) in [6, 6.07) is 20.5. The second kappa shape index (κ2) is 8.97. The monoisotopic (exact) mass is 400 g/mol. The topological polar surface area (TPSA) is 36.9 Å². The van der Waals surface area contributed by atoms with Gasteiger partial charge in [-0.15, -0.1) is 0 Å². The predicted octanol–water partition coefficient (Wildman–Crippen LogP) is 4.42. The van der Waals surface area contributed by atoms with Crippen LogP contribution in [0.3, 0.4) is 0 Å². The van der Waals surface area contributed by atoms with Crippen molar-refractivity contribution in [1.82, 2.24) is 0 Å². The Balaban J connectivity index is 1.43. The first-order valence-electron chi connectivity index (χ1n) is 9.85. The van der Waals surface area contributed by atoms with E-state index in [9.17, 15) is 0 Å². The van der Waals surface area contributed by atoms with Crippen molar-refractivity contribution in [2.45, 2.75) is 57.3 Å². The Morgan fingerprint density at radius 2 is 1.21 bits per heavy atom. The first kappa shape index (κ1) is 19.9. The van der Waals surface area contributed by atoms with Gasteiger partial charge in [-0.25, -0.2) is 0 Å². The minimum atomic E-state index is -0.625. The highest BCUT2D eigenvalue weighted by Gasteiger charge is 2.50. The summed E-state index contributed by atoms with van der Waals surface area (Å²) in [5.74, 6) is 1.12. The molecule has 0 aliphatic carbocycles. The van der Waals surface area contributed by atoms with E-state index in [4.69, 9.17) is 18.9 Å². The number of hydrogen-bond donors (Lipinski definition) is 0. The molecule has 150 valence electrons. The van der Waals surface area contributed by atoms with E-state index < -0.39 is 5.79 Å². The molecular formula is C23H28O4S. The van der Waals surface area contributed by atoms with E-state index in [1.165, 1.54) is 11.1 Å². The van der Waals surface area contributed by atoms with Crippen molar-refractivity contribution in [3.05, 3.63) is 71.8 Å². The number of hydrogen-bond acceptors (Lipinski definition) is 5. The number of ether oxygens (including phenoxy) is 4. The van der Waals surface area contributed by atoms with Crippen LogP contribution in [0.2, 0.25) is 0 Å². The van der Waals surface area contributed by atoms with Gasteiger partial charge in [-0.3, -0.25) is 0 Å². The van der Waals surface area contributed by atoms with Crippen molar-refractivity contribution in [2.24, 2.45) is 0 Å². The molecule has 2 aromatic rings. The SMILES string of the molecule is CC1(C)O[C@H]2[C@H](O1)[C@@H](OCc1ccccc1)CSC[C@@H]2OCc1ccccc1. The van der Waals surface area contributed by atoms with Gasteiger partial charge >= 0.3 is 0 Å². The van der Waals surface area contributed by atoms with Gasteiger partial charge in [0.2, 0.25) is 0 Å². The van der Waals surface area contributed by atoms with E-state index in [0.717, 1.165) is 11.5 Å². The molecule has 28 heavy (non-hydrogen) atoms. The molecule has 0 N–H and O–H groups in total. The third-order valence-corrected chi connectivity index (χ3v) is 6.20. The summed E-state index contributed by atoms with van der Waals surface area (Å²) in [5.41, 5.74) is 2.34. The summed E-state index contributed by atoms with van der Waals surface area (Å²) < 4.78 is 25.1. The van der Waals surface area contributed by atoms with Gasteiger partial charge in [0.15, 0.2) is 5.79 Å². The van der Waals surface area contributed by atoms with E-state index in [1.807, 2.05) is 62.0 Å². The Morgan fingerprint density at radius 1 is 0.786 bits per heavy atom. The second-order valence-electron chi connectivity index (χ2n) is 7.77. The molecule has 0 bridgehead atoms. The molecular weight excluding hydrogens is 372 g/mol. The number of fused-ring (bicyclic) bond motifs is 1. The lowest BCUT2D eigenvalue weighted by molar-refractivity contribution is -0.164. The van der Waals surface area contributed by atoms with Gasteiger partial charge in [0.05, 0.1) is 25.4 Å². The molecule has 5 heteroatoms. The fourth-order valence-corrected chi connectivity index (χ4v) is 4.90. The van der Waals surface area contributed by atoms with Gasteiger partial charge in [0.25, 0.3) is 0 Å². The van der Waals surface area contributed by atoms with Gasteiger partial charge in [0.1, 0.15) is 12.2 Å². The maximum absolute atomic E-state index is 6.29. The lowest BCUT2D eigenvalue weighted by Gasteiger charge is -2.27. The quantitative estimate of drug-likeness (QED) is 0.717. The summed E-state index contributed by atoms with van der Waals surface area (Å²) >= 11 is 1.85. The van der Waals surface area contributed by atoms with Gasteiger partial charge in [-0.1, -0.05) is 60.7 Å². The molecule has 0 amide bonds. The van der Waals surface area contributed by atoms with E-state index in [2.05, 4.69) is 24.3 Å². The number of rotatable bonds is 6. The third-order valence-electron chi connectivity index (χ3n) is 5.07. The van der Waals surface area contributed by atoms with Gasteiger partial charge in [-0.05, 0) is 25.0 Å². The maximum atomic E-state index is 6.29. The number of benzene rings is 2. The van der Waals surface area contributed by atoms with Crippen molar-refractivity contribution in [3.8, 4) is 0 Å². The third kappa shape index (κ3) is 4.97. The fraction of sp³-hybridized carbons (Fsp3) is 0.478. The standard InChI is InChI=1S/C23H28O4S/c1-23(2)26-21-19(24-13-17-9-5-3-6-10-17)15-28-16-20(22(21)27-23)25-14-18-11-7-4-8-12-18/h3-12,19-22H,13-16H2,1-2H3/t19-,20-,21+,22+/m0/s1. The maximum Gasteiger partial charge on any atom is 0.164 e. The molecule has 2 heterocycles. The van der Waals surface area contributed by atoms with Crippen molar-refractivity contribution in [2.75, 3.05) is 11.5 Å². The molecule has 2 aromatic carbocycles. The lowest BCUT2D eigenvalue weighted by Crippen LogP contribution is -2.43. The van der Waals surface area contributed by atoms with Crippen LogP contribution in [0.5, 0.6) is 0 Å². The summed E-state index contributed by atoms with van der Waals surface area (Å²) in [6.07, 6.45) is -0.311. The average molecular weight is 401 g/mol. The predicted molar refractivity (Wildman–Crippen MR) is 111 cm³/mol. The van der Waals surface area contributed by atoms with Gasteiger partial charge in [0, 0.05) is 11.5 Å². The molecule has 2 aliphatic rings. The normalized spacial score (nSPS) is 29.2. The lowest BCUT2D eigenvalue weighted by atomic mass is 10.0. The van der Waals surface area contributed by atoms with Crippen LogP contribution >= 0.6 is 11.8 Å². The summed E-state index contributed by atoms with van der Waals surface area (Å²) in [4.78, 5) is 0. The fourth-order valence-electron chi connectivity index (χ4n) is 3.72. The molecule has 4 rings (SSSR count). The van der Waals surface area contributed by atoms with Crippen molar-refractivity contribution in [3.63, 3.8) is 0 Å². The summed E-state index contributed by atoms with van der Waals surface area (Å²) in [6.45, 7) is 5.09. The summed E-state index contributed by atoms with van der Waals surface area (Å²) in [5, 5.41) is 0. The van der Waals surface area contributed by atoms with Crippen LogP contribution in [0.25, 0.3) is 0 Å². The molecule has 0 saturated carbocycles. The largest absolute Gasteiger partial charge is 0.370 e. The molecule has 0 aromatic heterocycles. The smallest absolute Gasteiger partial charge is 0.164 e. The van der Waals surface area contributed by atoms with Crippen LogP contribution < -0.4 is 0 Å². The Hall–Kier alpha value is -1.37.